The molecule has 0 aliphatic carbocycles. The number of hydrogen-bond acceptors (Lipinski definition) is 4. The van der Waals surface area contributed by atoms with Crippen LogP contribution in [0.2, 0.25) is 0 Å². The summed E-state index contributed by atoms with van der Waals surface area (Å²) in [6.45, 7) is 7.58. The lowest BCUT2D eigenvalue weighted by molar-refractivity contribution is 0.254. The van der Waals surface area contributed by atoms with Crippen molar-refractivity contribution < 1.29 is 0 Å². The molecule has 0 radical (unpaired) electrons. The van der Waals surface area contributed by atoms with E-state index in [9.17, 15) is 0 Å². The number of nitrogens with zero attached hydrogens (tertiary/aromatic N) is 2. The van der Waals surface area contributed by atoms with Crippen molar-refractivity contribution in [3.05, 3.63) is 58.1 Å². The van der Waals surface area contributed by atoms with E-state index in [1.165, 1.54) is 22.6 Å². The molecule has 1 aromatic carbocycles. The van der Waals surface area contributed by atoms with E-state index in [2.05, 4.69) is 64.6 Å². The maximum Gasteiger partial charge on any atom is 0.0798 e. The molecule has 3 nitrogen and oxygen atoms in total. The Morgan fingerprint density at radius 3 is 2.91 bits per heavy atom. The summed E-state index contributed by atoms with van der Waals surface area (Å²) in [6, 6.07) is 10.5. The average molecular weight is 327 g/mol. The Kier molecular flexibility index (Phi) is 5.97. The fourth-order valence-electron chi connectivity index (χ4n) is 3.02. The van der Waals surface area contributed by atoms with Crippen LogP contribution in [0, 0.1) is 12.8 Å². The Bertz CT molecular complexity index is 615. The summed E-state index contributed by atoms with van der Waals surface area (Å²) in [6.07, 6.45) is 5.80. The van der Waals surface area contributed by atoms with Gasteiger partial charge in [-0.25, -0.2) is 4.98 Å². The van der Waals surface area contributed by atoms with Gasteiger partial charge in [0.25, 0.3) is 0 Å². The van der Waals surface area contributed by atoms with Crippen molar-refractivity contribution in [3.8, 4) is 0 Å². The molecule has 1 unspecified atom stereocenters. The molecule has 1 N–H and O–H groups in total. The van der Waals surface area contributed by atoms with Crippen LogP contribution < -0.4 is 5.32 Å². The maximum atomic E-state index is 4.39. The van der Waals surface area contributed by atoms with E-state index in [0.717, 1.165) is 38.6 Å². The summed E-state index contributed by atoms with van der Waals surface area (Å²) in [4.78, 5) is 8.34. The number of aryl methyl sites for hydroxylation is 1. The molecule has 1 aliphatic heterocycles. The van der Waals surface area contributed by atoms with Crippen LogP contribution in [0.4, 0.5) is 0 Å². The highest BCUT2D eigenvalue weighted by molar-refractivity contribution is 7.09. The fourth-order valence-corrected chi connectivity index (χ4v) is 3.84. The molecule has 0 spiro atoms. The Hall–Kier alpha value is -1.49. The minimum absolute atomic E-state index is 0.772. The van der Waals surface area contributed by atoms with E-state index in [4.69, 9.17) is 0 Å². The van der Waals surface area contributed by atoms with E-state index in [0.29, 0.717) is 0 Å². The molecule has 0 bridgehead atoms. The van der Waals surface area contributed by atoms with Gasteiger partial charge in [-0.1, -0.05) is 42.5 Å². The van der Waals surface area contributed by atoms with Gasteiger partial charge in [0.2, 0.25) is 0 Å². The SMILES string of the molecule is Cc1ncsc1CN(C/C=C/c1ccccc1)CC1CCNC1. The second kappa shape index (κ2) is 8.39. The Labute approximate surface area is 143 Å². The number of nitrogens with one attached hydrogen (secondary N) is 1. The van der Waals surface area contributed by atoms with Gasteiger partial charge in [0.15, 0.2) is 0 Å². The minimum atomic E-state index is 0.772. The van der Waals surface area contributed by atoms with Gasteiger partial charge in [-0.3, -0.25) is 4.90 Å². The van der Waals surface area contributed by atoms with Crippen molar-refractivity contribution in [2.24, 2.45) is 5.92 Å². The van der Waals surface area contributed by atoms with Gasteiger partial charge in [0.1, 0.15) is 0 Å². The first-order valence-electron chi connectivity index (χ1n) is 8.35. The minimum Gasteiger partial charge on any atom is -0.316 e. The smallest absolute Gasteiger partial charge is 0.0798 e. The first-order valence-corrected chi connectivity index (χ1v) is 9.23. The van der Waals surface area contributed by atoms with Crippen LogP contribution in [0.3, 0.4) is 0 Å². The van der Waals surface area contributed by atoms with Crippen LogP contribution in [0.1, 0.15) is 22.6 Å². The van der Waals surface area contributed by atoms with Crippen molar-refractivity contribution in [2.45, 2.75) is 19.9 Å². The zero-order valence-corrected chi connectivity index (χ0v) is 14.6. The van der Waals surface area contributed by atoms with Crippen LogP contribution in [0.15, 0.2) is 41.9 Å². The molecule has 3 rings (SSSR count). The van der Waals surface area contributed by atoms with Gasteiger partial charge in [-0.15, -0.1) is 11.3 Å². The molecule has 1 saturated heterocycles. The van der Waals surface area contributed by atoms with Gasteiger partial charge in [0.05, 0.1) is 11.2 Å². The maximum absolute atomic E-state index is 4.39. The highest BCUT2D eigenvalue weighted by atomic mass is 32.1. The molecule has 1 atom stereocenters. The van der Waals surface area contributed by atoms with Crippen LogP contribution in [-0.4, -0.2) is 36.1 Å². The first-order chi connectivity index (χ1) is 11.3. The standard InChI is InChI=1S/C19H25N3S/c1-16-19(23-15-21-16)14-22(13-18-9-10-20-12-18)11-5-8-17-6-3-2-4-7-17/h2-8,15,18,20H,9-14H2,1H3/b8-5+. The molecule has 4 heteroatoms. The monoisotopic (exact) mass is 327 g/mol. The highest BCUT2D eigenvalue weighted by Crippen LogP contribution is 2.18. The predicted octanol–water partition coefficient (Wildman–Crippen LogP) is 3.58. The van der Waals surface area contributed by atoms with Crippen molar-refractivity contribution in [3.63, 3.8) is 0 Å². The molecule has 0 amide bonds. The number of rotatable bonds is 7. The molecule has 1 aromatic heterocycles. The average Bonchev–Trinajstić information content (AvgIpc) is 3.21. The third kappa shape index (κ3) is 4.99. The van der Waals surface area contributed by atoms with E-state index in [1.807, 2.05) is 5.51 Å². The Morgan fingerprint density at radius 1 is 1.35 bits per heavy atom. The summed E-state index contributed by atoms with van der Waals surface area (Å²) >= 11 is 1.77. The van der Waals surface area contributed by atoms with Crippen molar-refractivity contribution in [1.82, 2.24) is 15.2 Å². The van der Waals surface area contributed by atoms with E-state index >= 15 is 0 Å². The number of thiazole rings is 1. The zero-order valence-electron chi connectivity index (χ0n) is 13.7. The van der Waals surface area contributed by atoms with Gasteiger partial charge in [0, 0.05) is 24.5 Å². The topological polar surface area (TPSA) is 28.2 Å². The third-order valence-electron chi connectivity index (χ3n) is 4.36. The molecular weight excluding hydrogens is 302 g/mol. The van der Waals surface area contributed by atoms with E-state index in [1.54, 1.807) is 11.3 Å². The second-order valence-electron chi connectivity index (χ2n) is 6.23. The molecule has 23 heavy (non-hydrogen) atoms. The van der Waals surface area contributed by atoms with Gasteiger partial charge in [-0.05, 0) is 37.9 Å². The lowest BCUT2D eigenvalue weighted by Crippen LogP contribution is -2.30. The molecule has 1 fully saturated rings. The molecule has 0 saturated carbocycles. The quantitative estimate of drug-likeness (QED) is 0.842. The van der Waals surface area contributed by atoms with Gasteiger partial charge in [-0.2, -0.15) is 0 Å². The summed E-state index contributed by atoms with van der Waals surface area (Å²) < 4.78 is 0. The summed E-state index contributed by atoms with van der Waals surface area (Å²) in [5, 5.41) is 3.48. The number of aromatic nitrogens is 1. The number of benzene rings is 1. The summed E-state index contributed by atoms with van der Waals surface area (Å²) in [5.41, 5.74) is 4.40. The third-order valence-corrected chi connectivity index (χ3v) is 5.28. The van der Waals surface area contributed by atoms with Crippen molar-refractivity contribution in [2.75, 3.05) is 26.2 Å². The predicted molar refractivity (Wildman–Crippen MR) is 98.6 cm³/mol. The fraction of sp³-hybridized carbons (Fsp3) is 0.421. The van der Waals surface area contributed by atoms with Crippen molar-refractivity contribution >= 4 is 17.4 Å². The second-order valence-corrected chi connectivity index (χ2v) is 7.17. The van der Waals surface area contributed by atoms with E-state index in [-0.39, 0.29) is 0 Å². The highest BCUT2D eigenvalue weighted by Gasteiger charge is 2.18. The first kappa shape index (κ1) is 16.4. The molecule has 122 valence electrons. The normalized spacial score (nSPS) is 18.3. The lowest BCUT2D eigenvalue weighted by atomic mass is 10.1. The summed E-state index contributed by atoms with van der Waals surface area (Å²) in [5.74, 6) is 0.772. The van der Waals surface area contributed by atoms with Crippen molar-refractivity contribution in [1.29, 1.82) is 0 Å². The van der Waals surface area contributed by atoms with Crippen LogP contribution in [0.5, 0.6) is 0 Å². The molecule has 2 heterocycles. The van der Waals surface area contributed by atoms with Crippen LogP contribution >= 0.6 is 11.3 Å². The van der Waals surface area contributed by atoms with Gasteiger partial charge >= 0.3 is 0 Å². The molecule has 1 aliphatic rings. The molecule has 2 aromatic rings. The lowest BCUT2D eigenvalue weighted by Gasteiger charge is -2.23. The zero-order chi connectivity index (χ0) is 15.9. The van der Waals surface area contributed by atoms with Gasteiger partial charge < -0.3 is 5.32 Å². The molecular formula is C19H25N3S. The largest absolute Gasteiger partial charge is 0.316 e. The van der Waals surface area contributed by atoms with Crippen LogP contribution in [-0.2, 0) is 6.54 Å². The Balaban J connectivity index is 1.62. The van der Waals surface area contributed by atoms with Crippen LogP contribution in [0.25, 0.3) is 6.08 Å². The number of hydrogen-bond donors (Lipinski definition) is 1. The van der Waals surface area contributed by atoms with E-state index < -0.39 is 0 Å². The summed E-state index contributed by atoms with van der Waals surface area (Å²) in [7, 11) is 0. The Morgan fingerprint density at radius 2 is 2.22 bits per heavy atom.